The Morgan fingerprint density at radius 1 is 1.39 bits per heavy atom. The van der Waals surface area contributed by atoms with Crippen molar-refractivity contribution in [3.63, 3.8) is 0 Å². The second kappa shape index (κ2) is 7.04. The van der Waals surface area contributed by atoms with E-state index in [9.17, 15) is 8.78 Å². The third-order valence-corrected chi connectivity index (χ3v) is 2.45. The maximum absolute atomic E-state index is 13.5. The van der Waals surface area contributed by atoms with Crippen molar-refractivity contribution in [2.75, 3.05) is 13.2 Å². The number of benzene rings is 1. The molecule has 0 amide bonds. The van der Waals surface area contributed by atoms with Crippen molar-refractivity contribution < 1.29 is 13.5 Å². The van der Waals surface area contributed by atoms with Crippen LogP contribution in [0, 0.1) is 23.0 Å². The predicted octanol–water partition coefficient (Wildman–Crippen LogP) is 2.35. The smallest absolute Gasteiger partial charge is 0.131 e. The van der Waals surface area contributed by atoms with Crippen molar-refractivity contribution in [2.45, 2.75) is 26.5 Å². The maximum atomic E-state index is 13.5. The average Bonchev–Trinajstić information content (AvgIpc) is 2.32. The second-order valence-corrected chi connectivity index (χ2v) is 3.93. The number of halogens is 2. The third-order valence-electron chi connectivity index (χ3n) is 2.45. The molecule has 0 spiro atoms. The Labute approximate surface area is 105 Å². The number of nitrogens with one attached hydrogen (secondary N) is 1. The fourth-order valence-corrected chi connectivity index (χ4v) is 1.58. The summed E-state index contributed by atoms with van der Waals surface area (Å²) < 4.78 is 32.3. The van der Waals surface area contributed by atoms with E-state index in [1.165, 1.54) is 0 Å². The summed E-state index contributed by atoms with van der Waals surface area (Å²) in [6, 6.07) is 3.77. The molecule has 1 aromatic rings. The molecule has 1 N–H and O–H groups in total. The van der Waals surface area contributed by atoms with Gasteiger partial charge in [-0.05, 0) is 26.0 Å². The third kappa shape index (κ3) is 4.06. The van der Waals surface area contributed by atoms with Gasteiger partial charge in [-0.3, -0.25) is 0 Å². The fourth-order valence-electron chi connectivity index (χ4n) is 1.58. The minimum absolute atomic E-state index is 0.0143. The first-order chi connectivity index (χ1) is 8.58. The lowest BCUT2D eigenvalue weighted by atomic mass is 10.1. The Morgan fingerprint density at radius 3 is 2.50 bits per heavy atom. The quantitative estimate of drug-likeness (QED) is 0.847. The summed E-state index contributed by atoms with van der Waals surface area (Å²) in [5.41, 5.74) is -0.0749. The Bertz CT molecular complexity index is 420. The van der Waals surface area contributed by atoms with Gasteiger partial charge >= 0.3 is 0 Å². The van der Waals surface area contributed by atoms with Crippen molar-refractivity contribution in [3.05, 3.63) is 34.9 Å². The fraction of sp³-hybridized carbons (Fsp3) is 0.462. The molecular formula is C13H16F2N2O. The van der Waals surface area contributed by atoms with Crippen LogP contribution in [0.5, 0.6) is 0 Å². The largest absolute Gasteiger partial charge is 0.377 e. The molecule has 0 aliphatic heterocycles. The van der Waals surface area contributed by atoms with E-state index in [0.29, 0.717) is 13.2 Å². The van der Waals surface area contributed by atoms with Crippen LogP contribution >= 0.6 is 0 Å². The van der Waals surface area contributed by atoms with Gasteiger partial charge in [-0.15, -0.1) is 0 Å². The zero-order chi connectivity index (χ0) is 13.5. The highest BCUT2D eigenvalue weighted by molar-refractivity contribution is 5.34. The van der Waals surface area contributed by atoms with Crippen molar-refractivity contribution in [2.24, 2.45) is 0 Å². The molecule has 1 atom stereocenters. The van der Waals surface area contributed by atoms with Crippen molar-refractivity contribution >= 4 is 0 Å². The first kappa shape index (κ1) is 14.6. The van der Waals surface area contributed by atoms with Crippen LogP contribution in [0.4, 0.5) is 8.78 Å². The van der Waals surface area contributed by atoms with Crippen LogP contribution < -0.4 is 5.32 Å². The summed E-state index contributed by atoms with van der Waals surface area (Å²) in [5, 5.41) is 11.5. The summed E-state index contributed by atoms with van der Waals surface area (Å²) in [5.74, 6) is -1.41. The SMILES string of the molecule is CCOC(C)CNCc1c(F)cc(C#N)cc1F. The molecule has 0 radical (unpaired) electrons. The lowest BCUT2D eigenvalue weighted by Crippen LogP contribution is -2.27. The van der Waals surface area contributed by atoms with Crippen LogP contribution in [-0.4, -0.2) is 19.3 Å². The van der Waals surface area contributed by atoms with Gasteiger partial charge in [0.2, 0.25) is 0 Å². The van der Waals surface area contributed by atoms with Crippen molar-refractivity contribution in [3.8, 4) is 6.07 Å². The van der Waals surface area contributed by atoms with Crippen LogP contribution in [0.2, 0.25) is 0 Å². The molecule has 18 heavy (non-hydrogen) atoms. The van der Waals surface area contributed by atoms with Gasteiger partial charge in [0.1, 0.15) is 11.6 Å². The number of nitriles is 1. The van der Waals surface area contributed by atoms with Gasteiger partial charge in [0, 0.05) is 25.3 Å². The van der Waals surface area contributed by atoms with E-state index >= 15 is 0 Å². The first-order valence-corrected chi connectivity index (χ1v) is 5.78. The molecule has 0 aliphatic carbocycles. The van der Waals surface area contributed by atoms with Crippen molar-refractivity contribution in [1.82, 2.24) is 5.32 Å². The van der Waals surface area contributed by atoms with Gasteiger partial charge in [-0.25, -0.2) is 8.78 Å². The lowest BCUT2D eigenvalue weighted by molar-refractivity contribution is 0.0758. The van der Waals surface area contributed by atoms with Crippen LogP contribution in [0.1, 0.15) is 25.0 Å². The molecule has 0 bridgehead atoms. The number of hydrogen-bond donors (Lipinski definition) is 1. The Balaban J connectivity index is 2.60. The Kier molecular flexibility index (Phi) is 5.69. The van der Waals surface area contributed by atoms with Crippen molar-refractivity contribution in [1.29, 1.82) is 5.26 Å². The predicted molar refractivity (Wildman–Crippen MR) is 63.9 cm³/mol. The van der Waals surface area contributed by atoms with E-state index in [0.717, 1.165) is 12.1 Å². The van der Waals surface area contributed by atoms with Gasteiger partial charge in [0.25, 0.3) is 0 Å². The van der Waals surface area contributed by atoms with Gasteiger partial charge in [-0.2, -0.15) is 5.26 Å². The molecule has 0 fully saturated rings. The molecule has 1 aromatic carbocycles. The summed E-state index contributed by atoms with van der Waals surface area (Å²) in [6.45, 7) is 4.94. The standard InChI is InChI=1S/C13H16F2N2O/c1-3-18-9(2)7-17-8-11-12(14)4-10(6-16)5-13(11)15/h4-5,9,17H,3,7-8H2,1-2H3. The Morgan fingerprint density at radius 2 is 2.00 bits per heavy atom. The Hall–Kier alpha value is -1.51. The summed E-state index contributed by atoms with van der Waals surface area (Å²) in [7, 11) is 0. The molecule has 0 heterocycles. The van der Waals surface area contributed by atoms with E-state index in [-0.39, 0.29) is 23.8 Å². The van der Waals surface area contributed by atoms with Gasteiger partial charge in [0.15, 0.2) is 0 Å². The molecule has 98 valence electrons. The number of ether oxygens (including phenoxy) is 1. The molecule has 3 nitrogen and oxygen atoms in total. The van der Waals surface area contributed by atoms with E-state index < -0.39 is 11.6 Å². The summed E-state index contributed by atoms with van der Waals surface area (Å²) in [4.78, 5) is 0. The van der Waals surface area contributed by atoms with Crippen LogP contribution in [0.25, 0.3) is 0 Å². The molecular weight excluding hydrogens is 238 g/mol. The van der Waals surface area contributed by atoms with E-state index in [4.69, 9.17) is 10.00 Å². The number of hydrogen-bond acceptors (Lipinski definition) is 3. The number of nitrogens with zero attached hydrogens (tertiary/aromatic N) is 1. The molecule has 0 aliphatic rings. The molecule has 0 aromatic heterocycles. The molecule has 0 saturated carbocycles. The lowest BCUT2D eigenvalue weighted by Gasteiger charge is -2.13. The maximum Gasteiger partial charge on any atom is 0.131 e. The van der Waals surface area contributed by atoms with Gasteiger partial charge in [-0.1, -0.05) is 0 Å². The van der Waals surface area contributed by atoms with E-state index in [1.54, 1.807) is 6.07 Å². The molecule has 1 rings (SSSR count). The zero-order valence-corrected chi connectivity index (χ0v) is 10.5. The number of rotatable bonds is 6. The van der Waals surface area contributed by atoms with Crippen LogP contribution in [0.15, 0.2) is 12.1 Å². The highest BCUT2D eigenvalue weighted by atomic mass is 19.1. The topological polar surface area (TPSA) is 45.0 Å². The highest BCUT2D eigenvalue weighted by Gasteiger charge is 2.11. The zero-order valence-electron chi connectivity index (χ0n) is 10.5. The van der Waals surface area contributed by atoms with Crippen LogP contribution in [0.3, 0.4) is 0 Å². The van der Waals surface area contributed by atoms with E-state index in [2.05, 4.69) is 5.32 Å². The second-order valence-electron chi connectivity index (χ2n) is 3.93. The minimum Gasteiger partial charge on any atom is -0.377 e. The monoisotopic (exact) mass is 254 g/mol. The first-order valence-electron chi connectivity index (χ1n) is 5.78. The summed E-state index contributed by atoms with van der Waals surface area (Å²) in [6.07, 6.45) is -0.0143. The van der Waals surface area contributed by atoms with E-state index in [1.807, 2.05) is 13.8 Å². The van der Waals surface area contributed by atoms with Gasteiger partial charge in [0.05, 0.1) is 17.7 Å². The molecule has 0 saturated heterocycles. The highest BCUT2D eigenvalue weighted by Crippen LogP contribution is 2.14. The molecule has 1 unspecified atom stereocenters. The summed E-state index contributed by atoms with van der Waals surface area (Å²) >= 11 is 0. The van der Waals surface area contributed by atoms with Gasteiger partial charge < -0.3 is 10.1 Å². The normalized spacial score (nSPS) is 12.2. The molecule has 5 heteroatoms. The van der Waals surface area contributed by atoms with Crippen LogP contribution in [-0.2, 0) is 11.3 Å². The average molecular weight is 254 g/mol. The minimum atomic E-state index is -0.705.